The van der Waals surface area contributed by atoms with Gasteiger partial charge >= 0.3 is 0 Å². The van der Waals surface area contributed by atoms with E-state index in [0.717, 1.165) is 12.0 Å². The van der Waals surface area contributed by atoms with E-state index >= 15 is 0 Å². The zero-order valence-electron chi connectivity index (χ0n) is 14.0. The first kappa shape index (κ1) is 17.5. The number of benzene rings is 2. The molecular formula is C17H16N4O5. The van der Waals surface area contributed by atoms with Crippen LogP contribution < -0.4 is 0 Å². The van der Waals surface area contributed by atoms with Crippen molar-refractivity contribution in [1.29, 1.82) is 0 Å². The minimum Gasteiger partial charge on any atom is -0.439 e. The minimum absolute atomic E-state index is 0.0354. The molecule has 0 saturated carbocycles. The third-order valence-corrected chi connectivity index (χ3v) is 3.96. The topological polar surface area (TPSA) is 116 Å². The van der Waals surface area contributed by atoms with Crippen LogP contribution in [0.25, 0.3) is 11.1 Å². The van der Waals surface area contributed by atoms with Gasteiger partial charge in [-0.25, -0.2) is 4.98 Å². The van der Waals surface area contributed by atoms with Gasteiger partial charge in [0.2, 0.25) is 5.89 Å². The first-order valence-electron chi connectivity index (χ1n) is 7.88. The standard InChI is InChI=1S/C17H16N4O5/c1-19(9-8-12-2-4-13(5-3-12)20(22)23)11-17-18-15-7-6-14(21(24)25)10-16(15)26-17/h2-7,10H,8-9,11H2,1H3. The van der Waals surface area contributed by atoms with Crippen molar-refractivity contribution in [3.05, 3.63) is 74.1 Å². The van der Waals surface area contributed by atoms with Crippen molar-refractivity contribution in [3.63, 3.8) is 0 Å². The molecule has 0 fully saturated rings. The number of nitro benzene ring substituents is 2. The van der Waals surface area contributed by atoms with Crippen LogP contribution in [0.5, 0.6) is 0 Å². The second-order valence-corrected chi connectivity index (χ2v) is 5.93. The fraction of sp³-hybridized carbons (Fsp3) is 0.235. The Balaban J connectivity index is 1.60. The van der Waals surface area contributed by atoms with Crippen LogP contribution in [0.3, 0.4) is 0 Å². The highest BCUT2D eigenvalue weighted by Crippen LogP contribution is 2.22. The lowest BCUT2D eigenvalue weighted by Gasteiger charge is -2.14. The Labute approximate surface area is 148 Å². The van der Waals surface area contributed by atoms with Crippen LogP contribution in [0, 0.1) is 20.2 Å². The largest absolute Gasteiger partial charge is 0.439 e. The van der Waals surface area contributed by atoms with Crippen LogP contribution in [0.1, 0.15) is 11.5 Å². The van der Waals surface area contributed by atoms with E-state index in [1.807, 2.05) is 11.9 Å². The quantitative estimate of drug-likeness (QED) is 0.471. The predicted octanol–water partition coefficient (Wildman–Crippen LogP) is 3.32. The summed E-state index contributed by atoms with van der Waals surface area (Å²) in [6.07, 6.45) is 0.722. The van der Waals surface area contributed by atoms with Crippen LogP contribution in [-0.4, -0.2) is 33.3 Å². The number of non-ortho nitro benzene ring substituents is 2. The Bertz CT molecular complexity index is 951. The van der Waals surface area contributed by atoms with E-state index in [0.29, 0.717) is 30.1 Å². The summed E-state index contributed by atoms with van der Waals surface area (Å²) in [6, 6.07) is 10.8. The van der Waals surface area contributed by atoms with Crippen LogP contribution in [-0.2, 0) is 13.0 Å². The molecule has 0 spiro atoms. The number of nitro groups is 2. The molecule has 0 N–H and O–H groups in total. The van der Waals surface area contributed by atoms with E-state index in [2.05, 4.69) is 4.98 Å². The summed E-state index contributed by atoms with van der Waals surface area (Å²) in [6.45, 7) is 1.16. The summed E-state index contributed by atoms with van der Waals surface area (Å²) in [7, 11) is 1.91. The Kier molecular flexibility index (Phi) is 4.90. The molecule has 3 aromatic rings. The highest BCUT2D eigenvalue weighted by molar-refractivity contribution is 5.75. The maximum absolute atomic E-state index is 10.8. The molecule has 0 aliphatic heterocycles. The van der Waals surface area contributed by atoms with E-state index < -0.39 is 9.85 Å². The predicted molar refractivity (Wildman–Crippen MR) is 93.8 cm³/mol. The third kappa shape index (κ3) is 4.01. The van der Waals surface area contributed by atoms with Gasteiger partial charge in [0.05, 0.1) is 22.5 Å². The number of nitrogens with zero attached hydrogens (tertiary/aromatic N) is 4. The molecule has 0 atom stereocenters. The number of hydrogen-bond donors (Lipinski definition) is 0. The Hall–Kier alpha value is -3.33. The molecule has 2 aromatic carbocycles. The fourth-order valence-corrected chi connectivity index (χ4v) is 2.56. The summed E-state index contributed by atoms with van der Waals surface area (Å²) in [5, 5.41) is 21.5. The van der Waals surface area contributed by atoms with Crippen LogP contribution in [0.4, 0.5) is 11.4 Å². The van der Waals surface area contributed by atoms with E-state index in [1.165, 1.54) is 24.3 Å². The molecule has 134 valence electrons. The van der Waals surface area contributed by atoms with E-state index in [1.54, 1.807) is 18.2 Å². The van der Waals surface area contributed by atoms with Gasteiger partial charge in [0.1, 0.15) is 5.52 Å². The van der Waals surface area contributed by atoms with Gasteiger partial charge in [-0.1, -0.05) is 12.1 Å². The van der Waals surface area contributed by atoms with Crippen LogP contribution in [0.15, 0.2) is 46.9 Å². The number of aromatic nitrogens is 1. The second kappa shape index (κ2) is 7.28. The van der Waals surface area contributed by atoms with Gasteiger partial charge in [0, 0.05) is 24.7 Å². The zero-order valence-corrected chi connectivity index (χ0v) is 14.0. The van der Waals surface area contributed by atoms with Gasteiger partial charge in [-0.2, -0.15) is 0 Å². The van der Waals surface area contributed by atoms with Gasteiger partial charge in [-0.15, -0.1) is 0 Å². The number of hydrogen-bond acceptors (Lipinski definition) is 7. The van der Waals surface area contributed by atoms with Gasteiger partial charge in [-0.05, 0) is 25.1 Å². The Morgan fingerprint density at radius 1 is 1.04 bits per heavy atom. The van der Waals surface area contributed by atoms with Crippen molar-refractivity contribution < 1.29 is 14.3 Å². The summed E-state index contributed by atoms with van der Waals surface area (Å²) >= 11 is 0. The smallest absolute Gasteiger partial charge is 0.273 e. The first-order valence-corrected chi connectivity index (χ1v) is 7.88. The first-order chi connectivity index (χ1) is 12.4. The molecule has 1 heterocycles. The summed E-state index contributed by atoms with van der Waals surface area (Å²) < 4.78 is 5.59. The lowest BCUT2D eigenvalue weighted by Crippen LogP contribution is -2.20. The Morgan fingerprint density at radius 2 is 1.69 bits per heavy atom. The van der Waals surface area contributed by atoms with Crippen molar-refractivity contribution in [2.45, 2.75) is 13.0 Å². The highest BCUT2D eigenvalue weighted by Gasteiger charge is 2.13. The van der Waals surface area contributed by atoms with E-state index in [-0.39, 0.29) is 11.4 Å². The van der Waals surface area contributed by atoms with Crippen LogP contribution >= 0.6 is 0 Å². The average Bonchev–Trinajstić information content (AvgIpc) is 3.01. The third-order valence-electron chi connectivity index (χ3n) is 3.96. The maximum atomic E-state index is 10.8. The van der Waals surface area contributed by atoms with Crippen LogP contribution in [0.2, 0.25) is 0 Å². The lowest BCUT2D eigenvalue weighted by atomic mass is 10.1. The highest BCUT2D eigenvalue weighted by atomic mass is 16.6. The van der Waals surface area contributed by atoms with E-state index in [4.69, 9.17) is 4.42 Å². The second-order valence-electron chi connectivity index (χ2n) is 5.93. The van der Waals surface area contributed by atoms with Crippen molar-refractivity contribution in [1.82, 2.24) is 9.88 Å². The molecule has 0 aliphatic rings. The van der Waals surface area contributed by atoms with Gasteiger partial charge in [-0.3, -0.25) is 25.1 Å². The molecule has 1 aromatic heterocycles. The summed E-state index contributed by atoms with van der Waals surface area (Å²) in [5.41, 5.74) is 2.00. The molecule has 0 aliphatic carbocycles. The number of rotatable bonds is 7. The zero-order chi connectivity index (χ0) is 18.7. The number of fused-ring (bicyclic) bond motifs is 1. The van der Waals surface area contributed by atoms with Crippen molar-refractivity contribution in [2.75, 3.05) is 13.6 Å². The summed E-state index contributed by atoms with van der Waals surface area (Å²) in [4.78, 5) is 26.9. The molecule has 9 heteroatoms. The van der Waals surface area contributed by atoms with Crippen molar-refractivity contribution in [2.24, 2.45) is 0 Å². The molecule has 0 radical (unpaired) electrons. The number of likely N-dealkylation sites (N-methyl/N-ethyl adjacent to an activating group) is 1. The van der Waals surface area contributed by atoms with Gasteiger partial charge in [0.15, 0.2) is 5.58 Å². The van der Waals surface area contributed by atoms with Crippen molar-refractivity contribution >= 4 is 22.5 Å². The molecule has 26 heavy (non-hydrogen) atoms. The lowest BCUT2D eigenvalue weighted by molar-refractivity contribution is -0.385. The average molecular weight is 356 g/mol. The van der Waals surface area contributed by atoms with Crippen molar-refractivity contribution in [3.8, 4) is 0 Å². The minimum atomic E-state index is -0.474. The molecule has 0 amide bonds. The molecule has 0 saturated heterocycles. The molecule has 0 unspecified atom stereocenters. The SMILES string of the molecule is CN(CCc1ccc([N+](=O)[O-])cc1)Cc1nc2ccc([N+](=O)[O-])cc2o1. The molecular weight excluding hydrogens is 340 g/mol. The number of oxazole rings is 1. The molecule has 3 rings (SSSR count). The molecule has 0 bridgehead atoms. The normalized spacial score (nSPS) is 11.2. The summed E-state index contributed by atoms with van der Waals surface area (Å²) in [5.74, 6) is 0.478. The maximum Gasteiger partial charge on any atom is 0.273 e. The van der Waals surface area contributed by atoms with Gasteiger partial charge in [0.25, 0.3) is 11.4 Å². The Morgan fingerprint density at radius 3 is 2.35 bits per heavy atom. The fourth-order valence-electron chi connectivity index (χ4n) is 2.56. The van der Waals surface area contributed by atoms with Gasteiger partial charge < -0.3 is 4.42 Å². The van der Waals surface area contributed by atoms with E-state index in [9.17, 15) is 20.2 Å². The monoisotopic (exact) mass is 356 g/mol. The molecule has 9 nitrogen and oxygen atoms in total.